The van der Waals surface area contributed by atoms with Crippen molar-refractivity contribution in [2.75, 3.05) is 7.11 Å². The number of nitrogens with one attached hydrogen (secondary N) is 1. The fourth-order valence-electron chi connectivity index (χ4n) is 2.32. The Hall–Kier alpha value is -2.34. The molecule has 0 aliphatic rings. The maximum atomic E-state index is 12.5. The van der Waals surface area contributed by atoms with E-state index in [4.69, 9.17) is 4.74 Å². The Kier molecular flexibility index (Phi) is 6.20. The van der Waals surface area contributed by atoms with Crippen LogP contribution in [0.3, 0.4) is 0 Å². The van der Waals surface area contributed by atoms with Crippen LogP contribution in [0.1, 0.15) is 23.6 Å². The predicted molar refractivity (Wildman–Crippen MR) is 98.1 cm³/mol. The summed E-state index contributed by atoms with van der Waals surface area (Å²) >= 11 is 0. The van der Waals surface area contributed by atoms with Crippen LogP contribution in [0.4, 0.5) is 0 Å². The molecule has 0 aromatic heterocycles. The van der Waals surface area contributed by atoms with Crippen LogP contribution in [-0.4, -0.2) is 26.7 Å². The number of benzene rings is 2. The number of carbonyl (C=O) groups is 1. The minimum atomic E-state index is -3.58. The molecular weight excluding hydrogens is 338 g/mol. The normalized spacial score (nSPS) is 12.4. The van der Waals surface area contributed by atoms with Crippen LogP contribution in [0.5, 0.6) is 5.75 Å². The largest absolute Gasteiger partial charge is 0.497 e. The SMILES string of the molecule is COc1cccc(CNC(=O)C(C)S(=O)(=O)Cc2ccc(C)cc2)c1. The van der Waals surface area contributed by atoms with Gasteiger partial charge in [0.15, 0.2) is 9.84 Å². The number of hydrogen-bond acceptors (Lipinski definition) is 4. The predicted octanol–water partition coefficient (Wildman–Crippen LogP) is 2.62. The average molecular weight is 361 g/mol. The van der Waals surface area contributed by atoms with Crippen molar-refractivity contribution < 1.29 is 17.9 Å². The van der Waals surface area contributed by atoms with Gasteiger partial charge in [-0.1, -0.05) is 42.0 Å². The van der Waals surface area contributed by atoms with Gasteiger partial charge in [0.05, 0.1) is 12.9 Å². The second-order valence-electron chi connectivity index (χ2n) is 6.00. The Labute approximate surface area is 148 Å². The minimum absolute atomic E-state index is 0.152. The third-order valence-electron chi connectivity index (χ3n) is 4.00. The number of carbonyl (C=O) groups excluding carboxylic acids is 1. The molecule has 0 aliphatic heterocycles. The molecule has 2 aromatic carbocycles. The summed E-state index contributed by atoms with van der Waals surface area (Å²) in [5.74, 6) is 0.0304. The van der Waals surface area contributed by atoms with E-state index in [0.717, 1.165) is 11.1 Å². The third-order valence-corrected chi connectivity index (χ3v) is 6.02. The van der Waals surface area contributed by atoms with Crippen molar-refractivity contribution in [2.24, 2.45) is 0 Å². The number of rotatable bonds is 7. The van der Waals surface area contributed by atoms with Gasteiger partial charge in [-0.15, -0.1) is 0 Å². The smallest absolute Gasteiger partial charge is 0.238 e. The number of hydrogen-bond donors (Lipinski definition) is 1. The molecule has 0 bridgehead atoms. The van der Waals surface area contributed by atoms with Gasteiger partial charge >= 0.3 is 0 Å². The minimum Gasteiger partial charge on any atom is -0.497 e. The van der Waals surface area contributed by atoms with Crippen LogP contribution >= 0.6 is 0 Å². The summed E-state index contributed by atoms with van der Waals surface area (Å²) < 4.78 is 30.0. The summed E-state index contributed by atoms with van der Waals surface area (Å²) in [6.07, 6.45) is 0. The molecule has 0 radical (unpaired) electrons. The van der Waals surface area contributed by atoms with Gasteiger partial charge in [-0.05, 0) is 37.1 Å². The Morgan fingerprint density at radius 3 is 2.44 bits per heavy atom. The van der Waals surface area contributed by atoms with Gasteiger partial charge in [-0.3, -0.25) is 4.79 Å². The third kappa shape index (κ3) is 5.32. The van der Waals surface area contributed by atoms with Crippen molar-refractivity contribution >= 4 is 15.7 Å². The molecule has 0 fully saturated rings. The second kappa shape index (κ2) is 8.16. The van der Waals surface area contributed by atoms with Gasteiger partial charge in [-0.2, -0.15) is 0 Å². The second-order valence-corrected chi connectivity index (χ2v) is 8.33. The molecule has 6 heteroatoms. The van der Waals surface area contributed by atoms with Crippen molar-refractivity contribution in [3.8, 4) is 5.75 Å². The molecule has 1 atom stereocenters. The lowest BCUT2D eigenvalue weighted by Gasteiger charge is -2.14. The zero-order chi connectivity index (χ0) is 18.4. The highest BCUT2D eigenvalue weighted by atomic mass is 32.2. The summed E-state index contributed by atoms with van der Waals surface area (Å²) in [6, 6.07) is 14.5. The maximum Gasteiger partial charge on any atom is 0.238 e. The highest BCUT2D eigenvalue weighted by Gasteiger charge is 2.27. The number of amides is 1. The molecule has 0 saturated heterocycles. The van der Waals surface area contributed by atoms with Crippen LogP contribution in [0.2, 0.25) is 0 Å². The Morgan fingerprint density at radius 2 is 1.80 bits per heavy atom. The van der Waals surface area contributed by atoms with Gasteiger partial charge in [0, 0.05) is 6.54 Å². The molecular formula is C19H23NO4S. The van der Waals surface area contributed by atoms with Crippen LogP contribution < -0.4 is 10.1 Å². The van der Waals surface area contributed by atoms with E-state index in [-0.39, 0.29) is 12.3 Å². The zero-order valence-electron chi connectivity index (χ0n) is 14.7. The highest BCUT2D eigenvalue weighted by molar-refractivity contribution is 7.92. The van der Waals surface area contributed by atoms with Gasteiger partial charge in [-0.25, -0.2) is 8.42 Å². The van der Waals surface area contributed by atoms with Crippen molar-refractivity contribution in [1.82, 2.24) is 5.32 Å². The number of aryl methyl sites for hydroxylation is 1. The van der Waals surface area contributed by atoms with Gasteiger partial charge in [0.25, 0.3) is 0 Å². The molecule has 1 amide bonds. The standard InChI is InChI=1S/C19H23NO4S/c1-14-7-9-16(10-8-14)13-25(22,23)15(2)19(21)20-12-17-5-4-6-18(11-17)24-3/h4-11,15H,12-13H2,1-3H3,(H,20,21). The van der Waals surface area contributed by atoms with Gasteiger partial charge in [0.1, 0.15) is 11.0 Å². The van der Waals surface area contributed by atoms with Crippen molar-refractivity contribution in [2.45, 2.75) is 31.4 Å². The fraction of sp³-hybridized carbons (Fsp3) is 0.316. The van der Waals surface area contributed by atoms with E-state index in [9.17, 15) is 13.2 Å². The van der Waals surface area contributed by atoms with Gasteiger partial charge in [0.2, 0.25) is 5.91 Å². The van der Waals surface area contributed by atoms with Crippen LogP contribution in [0, 0.1) is 6.92 Å². The molecule has 0 spiro atoms. The molecule has 2 aromatic rings. The van der Waals surface area contributed by atoms with Crippen LogP contribution in [-0.2, 0) is 26.9 Å². The maximum absolute atomic E-state index is 12.5. The molecule has 0 aliphatic carbocycles. The summed E-state index contributed by atoms with van der Waals surface area (Å²) in [7, 11) is -2.01. The lowest BCUT2D eigenvalue weighted by atomic mass is 10.2. The monoisotopic (exact) mass is 361 g/mol. The quantitative estimate of drug-likeness (QED) is 0.823. The van der Waals surface area contributed by atoms with E-state index in [1.54, 1.807) is 31.4 Å². The molecule has 1 unspecified atom stereocenters. The topological polar surface area (TPSA) is 72.5 Å². The molecule has 25 heavy (non-hydrogen) atoms. The lowest BCUT2D eigenvalue weighted by Crippen LogP contribution is -2.38. The van der Waals surface area contributed by atoms with E-state index < -0.39 is 21.0 Å². The van der Waals surface area contributed by atoms with Crippen LogP contribution in [0.25, 0.3) is 0 Å². The first-order chi connectivity index (χ1) is 11.8. The first-order valence-corrected chi connectivity index (χ1v) is 9.71. The van der Waals surface area contributed by atoms with E-state index in [1.165, 1.54) is 6.92 Å². The van der Waals surface area contributed by atoms with Crippen LogP contribution in [0.15, 0.2) is 48.5 Å². The average Bonchev–Trinajstić information content (AvgIpc) is 2.61. The summed E-state index contributed by atoms with van der Waals surface area (Å²) in [5, 5.41) is 1.57. The van der Waals surface area contributed by atoms with E-state index in [2.05, 4.69) is 5.32 Å². The summed E-state index contributed by atoms with van der Waals surface area (Å²) in [6.45, 7) is 3.61. The molecule has 1 N–H and O–H groups in total. The summed E-state index contributed by atoms with van der Waals surface area (Å²) in [4.78, 5) is 12.2. The lowest BCUT2D eigenvalue weighted by molar-refractivity contribution is -0.120. The highest BCUT2D eigenvalue weighted by Crippen LogP contribution is 2.14. The number of sulfone groups is 1. The van der Waals surface area contributed by atoms with Crippen molar-refractivity contribution in [3.05, 3.63) is 65.2 Å². The van der Waals surface area contributed by atoms with Crippen molar-refractivity contribution in [3.63, 3.8) is 0 Å². The Balaban J connectivity index is 1.98. The van der Waals surface area contributed by atoms with Crippen molar-refractivity contribution in [1.29, 1.82) is 0 Å². The van der Waals surface area contributed by atoms with Gasteiger partial charge < -0.3 is 10.1 Å². The zero-order valence-corrected chi connectivity index (χ0v) is 15.5. The van der Waals surface area contributed by atoms with E-state index in [0.29, 0.717) is 11.3 Å². The molecule has 5 nitrogen and oxygen atoms in total. The Bertz CT molecular complexity index is 829. The molecule has 134 valence electrons. The first kappa shape index (κ1) is 19.0. The van der Waals surface area contributed by atoms with E-state index >= 15 is 0 Å². The molecule has 0 saturated carbocycles. The number of ether oxygens (including phenoxy) is 1. The molecule has 2 rings (SSSR count). The molecule has 0 heterocycles. The first-order valence-electron chi connectivity index (χ1n) is 7.99. The summed E-state index contributed by atoms with van der Waals surface area (Å²) in [5.41, 5.74) is 2.58. The Morgan fingerprint density at radius 1 is 1.12 bits per heavy atom. The number of methoxy groups -OCH3 is 1. The fourth-order valence-corrected chi connectivity index (χ4v) is 3.64. The van der Waals surface area contributed by atoms with E-state index in [1.807, 2.05) is 31.2 Å².